The number of para-hydroxylation sites is 1. The fourth-order valence-corrected chi connectivity index (χ4v) is 2.84. The van der Waals surface area contributed by atoms with Gasteiger partial charge in [0.05, 0.1) is 21.9 Å². The summed E-state index contributed by atoms with van der Waals surface area (Å²) in [6.45, 7) is 10.3. The number of aromatic nitrogens is 1. The molecule has 132 valence electrons. The maximum absolute atomic E-state index is 6.30. The first-order valence-electron chi connectivity index (χ1n) is 8.60. The van der Waals surface area contributed by atoms with Crippen LogP contribution >= 0.6 is 11.6 Å². The van der Waals surface area contributed by atoms with E-state index in [2.05, 4.69) is 12.2 Å². The number of nitrogens with one attached hydrogen (secondary N) is 1. The molecule has 0 saturated carbocycles. The zero-order valence-corrected chi connectivity index (χ0v) is 16.1. The Morgan fingerprint density at radius 2 is 1.68 bits per heavy atom. The molecule has 0 amide bonds. The van der Waals surface area contributed by atoms with Gasteiger partial charge in [-0.15, -0.1) is 0 Å². The SMILES string of the molecule is CCc1ccc(B2OC(C)(C)C(C)(C)O2)c(Nc2ccccc2Cl)n1. The van der Waals surface area contributed by atoms with E-state index in [1.807, 2.05) is 64.1 Å². The van der Waals surface area contributed by atoms with Gasteiger partial charge in [-0.3, -0.25) is 0 Å². The normalized spacial score (nSPS) is 18.4. The molecule has 1 saturated heterocycles. The number of benzene rings is 1. The Hall–Kier alpha value is -1.56. The Morgan fingerprint density at radius 3 is 2.28 bits per heavy atom. The van der Waals surface area contributed by atoms with Crippen LogP contribution in [0.5, 0.6) is 0 Å². The molecule has 0 atom stereocenters. The first-order chi connectivity index (χ1) is 11.7. The van der Waals surface area contributed by atoms with Crippen molar-refractivity contribution in [2.24, 2.45) is 0 Å². The van der Waals surface area contributed by atoms with Crippen molar-refractivity contribution in [3.63, 3.8) is 0 Å². The molecule has 4 nitrogen and oxygen atoms in total. The molecule has 1 aliphatic rings. The van der Waals surface area contributed by atoms with Gasteiger partial charge in [0, 0.05) is 11.2 Å². The summed E-state index contributed by atoms with van der Waals surface area (Å²) in [6.07, 6.45) is 0.848. The van der Waals surface area contributed by atoms with Gasteiger partial charge in [0.2, 0.25) is 0 Å². The van der Waals surface area contributed by atoms with Crippen LogP contribution in [0.1, 0.15) is 40.3 Å². The van der Waals surface area contributed by atoms with Crippen LogP contribution in [0.4, 0.5) is 11.5 Å². The van der Waals surface area contributed by atoms with Gasteiger partial charge in [-0.25, -0.2) is 4.98 Å². The number of rotatable bonds is 4. The van der Waals surface area contributed by atoms with Crippen LogP contribution in [-0.2, 0) is 15.7 Å². The summed E-state index contributed by atoms with van der Waals surface area (Å²) in [6, 6.07) is 11.6. The Bertz CT molecular complexity index is 764. The zero-order chi connectivity index (χ0) is 18.2. The Morgan fingerprint density at radius 1 is 1.04 bits per heavy atom. The van der Waals surface area contributed by atoms with Gasteiger partial charge in [-0.2, -0.15) is 0 Å². The van der Waals surface area contributed by atoms with Crippen molar-refractivity contribution >= 4 is 35.7 Å². The minimum Gasteiger partial charge on any atom is -0.399 e. The van der Waals surface area contributed by atoms with Gasteiger partial charge < -0.3 is 14.6 Å². The maximum atomic E-state index is 6.30. The van der Waals surface area contributed by atoms with Gasteiger partial charge in [-0.05, 0) is 52.3 Å². The van der Waals surface area contributed by atoms with Gasteiger partial charge in [0.25, 0.3) is 0 Å². The van der Waals surface area contributed by atoms with Crippen LogP contribution < -0.4 is 10.8 Å². The maximum Gasteiger partial charge on any atom is 0.498 e. The summed E-state index contributed by atoms with van der Waals surface area (Å²) in [5, 5.41) is 3.99. The highest BCUT2D eigenvalue weighted by Gasteiger charge is 2.52. The molecule has 2 heterocycles. The summed E-state index contributed by atoms with van der Waals surface area (Å²) < 4.78 is 12.4. The third kappa shape index (κ3) is 3.54. The van der Waals surface area contributed by atoms with Crippen molar-refractivity contribution in [2.45, 2.75) is 52.2 Å². The molecular weight excluding hydrogens is 334 g/mol. The summed E-state index contributed by atoms with van der Waals surface area (Å²) in [7, 11) is -0.478. The molecule has 1 aromatic heterocycles. The van der Waals surface area contributed by atoms with E-state index in [0.717, 1.165) is 23.3 Å². The fraction of sp³-hybridized carbons (Fsp3) is 0.421. The quantitative estimate of drug-likeness (QED) is 0.826. The number of aryl methyl sites for hydroxylation is 1. The van der Waals surface area contributed by atoms with Gasteiger partial charge >= 0.3 is 7.12 Å². The molecule has 0 radical (unpaired) electrons. The van der Waals surface area contributed by atoms with Crippen LogP contribution in [0.15, 0.2) is 36.4 Å². The van der Waals surface area contributed by atoms with Crippen molar-refractivity contribution in [1.82, 2.24) is 4.98 Å². The third-order valence-electron chi connectivity index (χ3n) is 4.98. The minimum absolute atomic E-state index is 0.400. The largest absolute Gasteiger partial charge is 0.498 e. The predicted molar refractivity (Wildman–Crippen MR) is 104 cm³/mol. The lowest BCUT2D eigenvalue weighted by atomic mass is 9.79. The summed E-state index contributed by atoms with van der Waals surface area (Å²) in [4.78, 5) is 4.74. The number of halogens is 1. The summed E-state index contributed by atoms with van der Waals surface area (Å²) in [5.41, 5.74) is 1.87. The van der Waals surface area contributed by atoms with Crippen molar-refractivity contribution in [2.75, 3.05) is 5.32 Å². The van der Waals surface area contributed by atoms with E-state index in [4.69, 9.17) is 25.9 Å². The molecule has 1 N–H and O–H groups in total. The zero-order valence-electron chi connectivity index (χ0n) is 15.4. The van der Waals surface area contributed by atoms with E-state index < -0.39 is 18.3 Å². The highest BCUT2D eigenvalue weighted by Crippen LogP contribution is 2.37. The van der Waals surface area contributed by atoms with E-state index in [0.29, 0.717) is 10.8 Å². The first kappa shape index (κ1) is 18.2. The second-order valence-electron chi connectivity index (χ2n) is 7.29. The minimum atomic E-state index is -0.478. The standard InChI is InChI=1S/C19H24BClN2O2/c1-6-13-11-12-14(20-24-18(2,3)19(4,5)25-20)17(22-13)23-16-10-8-7-9-15(16)21/h7-12H,6H2,1-5H3,(H,22,23). The lowest BCUT2D eigenvalue weighted by Gasteiger charge is -2.32. The van der Waals surface area contributed by atoms with Crippen LogP contribution in [-0.4, -0.2) is 23.3 Å². The molecule has 2 aromatic rings. The van der Waals surface area contributed by atoms with E-state index >= 15 is 0 Å². The lowest BCUT2D eigenvalue weighted by molar-refractivity contribution is 0.00578. The number of hydrogen-bond acceptors (Lipinski definition) is 4. The van der Waals surface area contributed by atoms with Gasteiger partial charge in [-0.1, -0.05) is 36.7 Å². The second kappa shape index (κ2) is 6.63. The Balaban J connectivity index is 1.99. The molecule has 0 bridgehead atoms. The van der Waals surface area contributed by atoms with Crippen molar-refractivity contribution in [3.05, 3.63) is 47.1 Å². The highest BCUT2D eigenvalue weighted by atomic mass is 35.5. The number of anilines is 2. The number of hydrogen-bond donors (Lipinski definition) is 1. The van der Waals surface area contributed by atoms with E-state index in [-0.39, 0.29) is 0 Å². The number of nitrogens with zero attached hydrogens (tertiary/aromatic N) is 1. The molecule has 1 aromatic carbocycles. The molecule has 3 rings (SSSR count). The van der Waals surface area contributed by atoms with Gasteiger partial charge in [0.1, 0.15) is 5.82 Å². The second-order valence-corrected chi connectivity index (χ2v) is 7.69. The summed E-state index contributed by atoms with van der Waals surface area (Å²) >= 11 is 6.30. The molecule has 25 heavy (non-hydrogen) atoms. The van der Waals surface area contributed by atoms with Crippen molar-refractivity contribution < 1.29 is 9.31 Å². The van der Waals surface area contributed by atoms with Crippen LogP contribution in [0, 0.1) is 0 Å². The first-order valence-corrected chi connectivity index (χ1v) is 8.98. The highest BCUT2D eigenvalue weighted by molar-refractivity contribution is 6.63. The fourth-order valence-electron chi connectivity index (χ4n) is 2.66. The van der Waals surface area contributed by atoms with Crippen LogP contribution in [0.2, 0.25) is 5.02 Å². The predicted octanol–water partition coefficient (Wildman–Crippen LogP) is 4.34. The van der Waals surface area contributed by atoms with Crippen LogP contribution in [0.25, 0.3) is 0 Å². The molecule has 0 unspecified atom stereocenters. The number of pyridine rings is 1. The third-order valence-corrected chi connectivity index (χ3v) is 5.31. The average molecular weight is 359 g/mol. The molecule has 1 fully saturated rings. The van der Waals surface area contributed by atoms with E-state index in [1.54, 1.807) is 0 Å². The monoisotopic (exact) mass is 358 g/mol. The smallest absolute Gasteiger partial charge is 0.399 e. The topological polar surface area (TPSA) is 43.4 Å². The Labute approximate surface area is 155 Å². The summed E-state index contributed by atoms with van der Waals surface area (Å²) in [5.74, 6) is 0.714. The average Bonchev–Trinajstić information content (AvgIpc) is 2.77. The molecule has 0 spiro atoms. The molecular formula is C19H24BClN2O2. The molecule has 6 heteroatoms. The molecule has 1 aliphatic heterocycles. The molecule has 0 aliphatic carbocycles. The van der Waals surface area contributed by atoms with E-state index in [9.17, 15) is 0 Å². The van der Waals surface area contributed by atoms with Gasteiger partial charge in [0.15, 0.2) is 0 Å². The van der Waals surface area contributed by atoms with E-state index in [1.165, 1.54) is 0 Å². The lowest BCUT2D eigenvalue weighted by Crippen LogP contribution is -2.41. The Kier molecular flexibility index (Phi) is 4.84. The van der Waals surface area contributed by atoms with Crippen molar-refractivity contribution in [3.8, 4) is 0 Å². The van der Waals surface area contributed by atoms with Crippen molar-refractivity contribution in [1.29, 1.82) is 0 Å². The van der Waals surface area contributed by atoms with Crippen LogP contribution in [0.3, 0.4) is 0 Å².